The number of aryl methyl sites for hydroxylation is 1. The second kappa shape index (κ2) is 6.87. The number of carbonyl (C=O) groups excluding carboxylic acids is 1. The highest BCUT2D eigenvalue weighted by atomic mass is 16.2. The fourth-order valence-corrected chi connectivity index (χ4v) is 4.96. The number of benzene rings is 1. The Kier molecular flexibility index (Phi) is 4.30. The molecule has 0 aliphatic carbocycles. The molecular weight excluding hydrogens is 362 g/mol. The van der Waals surface area contributed by atoms with E-state index in [9.17, 15) is 4.79 Å². The lowest BCUT2D eigenvalue weighted by atomic mass is 9.82. The van der Waals surface area contributed by atoms with Gasteiger partial charge in [-0.15, -0.1) is 0 Å². The summed E-state index contributed by atoms with van der Waals surface area (Å²) in [5, 5.41) is 6.02. The van der Waals surface area contributed by atoms with Gasteiger partial charge in [-0.1, -0.05) is 18.2 Å². The average molecular weight is 390 g/mol. The van der Waals surface area contributed by atoms with Crippen LogP contribution in [0, 0.1) is 0 Å². The van der Waals surface area contributed by atoms with E-state index in [1.807, 2.05) is 48.0 Å². The van der Waals surface area contributed by atoms with Gasteiger partial charge in [0, 0.05) is 61.0 Å². The number of urea groups is 1. The predicted octanol–water partition coefficient (Wildman–Crippen LogP) is 3.91. The summed E-state index contributed by atoms with van der Waals surface area (Å²) in [5.74, 6) is 0. The number of hydrogen-bond acceptors (Lipinski definition) is 3. The molecule has 2 amide bonds. The first-order valence-electron chi connectivity index (χ1n) is 10.6. The molecule has 1 fully saturated rings. The Morgan fingerprint density at radius 2 is 1.93 bits per heavy atom. The van der Waals surface area contributed by atoms with E-state index in [1.54, 1.807) is 0 Å². The van der Waals surface area contributed by atoms with Crippen molar-refractivity contribution >= 4 is 16.9 Å². The van der Waals surface area contributed by atoms with Crippen LogP contribution in [0.5, 0.6) is 0 Å². The lowest BCUT2D eigenvalue weighted by Crippen LogP contribution is -2.43. The van der Waals surface area contributed by atoms with Gasteiger partial charge in [-0.3, -0.25) is 9.67 Å². The van der Waals surface area contributed by atoms with Gasteiger partial charge in [0.2, 0.25) is 0 Å². The number of para-hydroxylation sites is 1. The van der Waals surface area contributed by atoms with E-state index in [-0.39, 0.29) is 11.4 Å². The number of carbonyl (C=O) groups is 1. The molecule has 1 atom stereocenters. The summed E-state index contributed by atoms with van der Waals surface area (Å²) in [6.45, 7) is 8.15. The third-order valence-corrected chi connectivity index (χ3v) is 6.67. The highest BCUT2D eigenvalue weighted by molar-refractivity contribution is 5.82. The zero-order valence-corrected chi connectivity index (χ0v) is 17.1. The molecule has 1 spiro atoms. The van der Waals surface area contributed by atoms with Crippen molar-refractivity contribution in [2.75, 3.05) is 26.2 Å². The maximum absolute atomic E-state index is 12.8. The van der Waals surface area contributed by atoms with Gasteiger partial charge in [-0.2, -0.15) is 5.10 Å². The van der Waals surface area contributed by atoms with Gasteiger partial charge in [0.15, 0.2) is 0 Å². The standard InChI is InChI=1S/C23H27N5O/c1-3-26(4-2)22(29)27-11-9-23(16-27)10-12-28-21(23)14-20(25-28)18-13-17-7-5-6-8-19(17)24-15-18/h5-8,13-15H,3-4,9-12,16H2,1-2H3. The van der Waals surface area contributed by atoms with E-state index in [1.165, 1.54) is 5.69 Å². The van der Waals surface area contributed by atoms with E-state index in [2.05, 4.69) is 27.9 Å². The maximum Gasteiger partial charge on any atom is 0.320 e. The van der Waals surface area contributed by atoms with Crippen LogP contribution < -0.4 is 0 Å². The van der Waals surface area contributed by atoms with Gasteiger partial charge in [0.1, 0.15) is 0 Å². The van der Waals surface area contributed by atoms with Crippen molar-refractivity contribution in [3.05, 3.63) is 48.3 Å². The van der Waals surface area contributed by atoms with Crippen molar-refractivity contribution in [3.8, 4) is 11.3 Å². The molecule has 0 N–H and O–H groups in total. The number of nitrogens with zero attached hydrogens (tertiary/aromatic N) is 5. The third kappa shape index (κ3) is 2.89. The van der Waals surface area contributed by atoms with Gasteiger partial charge in [0.05, 0.1) is 11.2 Å². The molecule has 1 unspecified atom stereocenters. The number of pyridine rings is 1. The summed E-state index contributed by atoms with van der Waals surface area (Å²) in [5.41, 5.74) is 4.34. The largest absolute Gasteiger partial charge is 0.325 e. The minimum Gasteiger partial charge on any atom is -0.325 e. The van der Waals surface area contributed by atoms with E-state index in [0.717, 1.165) is 67.7 Å². The number of aromatic nitrogens is 3. The van der Waals surface area contributed by atoms with Crippen molar-refractivity contribution in [2.45, 2.75) is 38.6 Å². The third-order valence-electron chi connectivity index (χ3n) is 6.67. The molecular formula is C23H27N5O. The van der Waals surface area contributed by atoms with Crippen LogP contribution in [0.2, 0.25) is 0 Å². The SMILES string of the molecule is CCN(CC)C(=O)N1CCC2(CCn3nc(-c4cnc5ccccc5c4)cc32)C1. The van der Waals surface area contributed by atoms with Crippen LogP contribution in [0.1, 0.15) is 32.4 Å². The zero-order chi connectivity index (χ0) is 20.0. The van der Waals surface area contributed by atoms with Crippen LogP contribution in [0.4, 0.5) is 4.79 Å². The average Bonchev–Trinajstić information content (AvgIpc) is 3.45. The molecule has 3 aromatic rings. The number of fused-ring (bicyclic) bond motifs is 3. The van der Waals surface area contributed by atoms with E-state index < -0.39 is 0 Å². The Morgan fingerprint density at radius 1 is 1.14 bits per heavy atom. The minimum atomic E-state index is 0.0400. The topological polar surface area (TPSA) is 54.3 Å². The summed E-state index contributed by atoms with van der Waals surface area (Å²) in [4.78, 5) is 21.4. The van der Waals surface area contributed by atoms with Crippen LogP contribution in [0.15, 0.2) is 42.6 Å². The Morgan fingerprint density at radius 3 is 2.76 bits per heavy atom. The number of hydrogen-bond donors (Lipinski definition) is 0. The summed E-state index contributed by atoms with van der Waals surface area (Å²) in [7, 11) is 0. The van der Waals surface area contributed by atoms with Crippen LogP contribution in [-0.2, 0) is 12.0 Å². The molecule has 0 saturated carbocycles. The van der Waals surface area contributed by atoms with Crippen LogP contribution in [0.3, 0.4) is 0 Å². The Bertz CT molecular complexity index is 1070. The van der Waals surface area contributed by atoms with E-state index in [0.29, 0.717) is 0 Å². The first kappa shape index (κ1) is 18.2. The minimum absolute atomic E-state index is 0.0400. The Hall–Kier alpha value is -2.89. The van der Waals surface area contributed by atoms with Gasteiger partial charge >= 0.3 is 6.03 Å². The molecule has 2 aromatic heterocycles. The van der Waals surface area contributed by atoms with Crippen LogP contribution in [-0.4, -0.2) is 56.8 Å². The second-order valence-electron chi connectivity index (χ2n) is 8.21. The Labute approximate surface area is 171 Å². The summed E-state index contributed by atoms with van der Waals surface area (Å²) < 4.78 is 2.15. The smallest absolute Gasteiger partial charge is 0.320 e. The van der Waals surface area contributed by atoms with E-state index in [4.69, 9.17) is 5.10 Å². The first-order chi connectivity index (χ1) is 14.1. The van der Waals surface area contributed by atoms with Crippen molar-refractivity contribution in [1.82, 2.24) is 24.6 Å². The highest BCUT2D eigenvalue weighted by Crippen LogP contribution is 2.44. The molecule has 5 rings (SSSR count). The van der Waals surface area contributed by atoms with Crippen molar-refractivity contribution in [3.63, 3.8) is 0 Å². The van der Waals surface area contributed by atoms with Gasteiger partial charge < -0.3 is 9.80 Å². The molecule has 4 heterocycles. The lowest BCUT2D eigenvalue weighted by molar-refractivity contribution is 0.164. The molecule has 6 heteroatoms. The number of rotatable bonds is 3. The number of likely N-dealkylation sites (tertiary alicyclic amines) is 1. The quantitative estimate of drug-likeness (QED) is 0.682. The van der Waals surface area contributed by atoms with Crippen LogP contribution in [0.25, 0.3) is 22.2 Å². The van der Waals surface area contributed by atoms with E-state index >= 15 is 0 Å². The second-order valence-corrected chi connectivity index (χ2v) is 8.21. The molecule has 1 saturated heterocycles. The fourth-order valence-electron chi connectivity index (χ4n) is 4.96. The summed E-state index contributed by atoms with van der Waals surface area (Å²) in [6, 6.07) is 12.7. The molecule has 6 nitrogen and oxygen atoms in total. The molecule has 0 bridgehead atoms. The Balaban J connectivity index is 1.43. The molecule has 2 aliphatic heterocycles. The molecule has 2 aliphatic rings. The van der Waals surface area contributed by atoms with Gasteiger partial charge in [0.25, 0.3) is 0 Å². The predicted molar refractivity (Wildman–Crippen MR) is 114 cm³/mol. The van der Waals surface area contributed by atoms with Gasteiger partial charge in [-0.05, 0) is 44.9 Å². The zero-order valence-electron chi connectivity index (χ0n) is 17.1. The number of amides is 2. The molecule has 1 aromatic carbocycles. The lowest BCUT2D eigenvalue weighted by Gasteiger charge is -2.28. The van der Waals surface area contributed by atoms with Crippen molar-refractivity contribution < 1.29 is 4.79 Å². The summed E-state index contributed by atoms with van der Waals surface area (Å²) in [6.07, 6.45) is 3.99. The summed E-state index contributed by atoms with van der Waals surface area (Å²) >= 11 is 0. The maximum atomic E-state index is 12.8. The first-order valence-corrected chi connectivity index (χ1v) is 10.6. The molecule has 150 valence electrons. The van der Waals surface area contributed by atoms with Crippen molar-refractivity contribution in [2.24, 2.45) is 0 Å². The highest BCUT2D eigenvalue weighted by Gasteiger charge is 2.47. The monoisotopic (exact) mass is 389 g/mol. The molecule has 29 heavy (non-hydrogen) atoms. The van der Waals surface area contributed by atoms with Crippen LogP contribution >= 0.6 is 0 Å². The van der Waals surface area contributed by atoms with Crippen molar-refractivity contribution in [1.29, 1.82) is 0 Å². The molecule has 0 radical (unpaired) electrons. The normalized spacial score (nSPS) is 20.6. The van der Waals surface area contributed by atoms with Gasteiger partial charge in [-0.25, -0.2) is 4.79 Å². The fraction of sp³-hybridized carbons (Fsp3) is 0.435.